The first-order valence-corrected chi connectivity index (χ1v) is 6.13. The van der Waals surface area contributed by atoms with Crippen LogP contribution in [0, 0.1) is 10.1 Å². The molecule has 1 saturated heterocycles. The van der Waals surface area contributed by atoms with Gasteiger partial charge < -0.3 is 16.0 Å². The number of nitrogens with one attached hydrogen (secondary N) is 1. The number of nitro benzene ring substituents is 1. The fourth-order valence-corrected chi connectivity index (χ4v) is 2.32. The summed E-state index contributed by atoms with van der Waals surface area (Å²) in [7, 11) is 0. The van der Waals surface area contributed by atoms with Crippen molar-refractivity contribution in [1.82, 2.24) is 5.32 Å². The summed E-state index contributed by atoms with van der Waals surface area (Å²) in [6, 6.07) is 4.31. The Labute approximate surface area is 110 Å². The van der Waals surface area contributed by atoms with E-state index in [1.54, 1.807) is 12.1 Å². The average molecular weight is 264 g/mol. The molecule has 0 saturated carbocycles. The minimum absolute atomic E-state index is 0.0225. The van der Waals surface area contributed by atoms with Crippen LogP contribution in [0.3, 0.4) is 0 Å². The van der Waals surface area contributed by atoms with E-state index in [1.165, 1.54) is 6.07 Å². The molecule has 19 heavy (non-hydrogen) atoms. The number of carbonyl (C=O) groups excluding carboxylic acids is 1. The SMILES string of the molecule is CCC1C(=O)NCCN1c1ccc([N+](=O)[O-])c(N)c1. The molecule has 0 spiro atoms. The maximum atomic E-state index is 11.8. The number of nitrogens with zero attached hydrogens (tertiary/aromatic N) is 2. The molecule has 1 aliphatic heterocycles. The molecule has 1 amide bonds. The van der Waals surface area contributed by atoms with E-state index in [1.807, 2.05) is 11.8 Å². The van der Waals surface area contributed by atoms with Crippen molar-refractivity contribution in [2.75, 3.05) is 23.7 Å². The van der Waals surface area contributed by atoms with Crippen LogP contribution in [-0.2, 0) is 4.79 Å². The summed E-state index contributed by atoms with van der Waals surface area (Å²) in [4.78, 5) is 23.9. The highest BCUT2D eigenvalue weighted by Crippen LogP contribution is 2.29. The molecule has 0 bridgehead atoms. The Balaban J connectivity index is 2.33. The van der Waals surface area contributed by atoms with Crippen molar-refractivity contribution >= 4 is 23.0 Å². The smallest absolute Gasteiger partial charge is 0.292 e. The lowest BCUT2D eigenvalue weighted by molar-refractivity contribution is -0.383. The summed E-state index contributed by atoms with van der Waals surface area (Å²) in [5.41, 5.74) is 6.42. The van der Waals surface area contributed by atoms with Gasteiger partial charge in [-0.25, -0.2) is 0 Å². The molecule has 0 aliphatic carbocycles. The topological polar surface area (TPSA) is 102 Å². The van der Waals surface area contributed by atoms with E-state index in [4.69, 9.17) is 5.73 Å². The van der Waals surface area contributed by atoms with Gasteiger partial charge in [0.25, 0.3) is 5.69 Å². The standard InChI is InChI=1S/C12H16N4O3/c1-2-10-12(17)14-5-6-15(10)8-3-4-11(16(18)19)9(13)7-8/h3-4,7,10H,2,5-6,13H2,1H3,(H,14,17). The number of amides is 1. The lowest BCUT2D eigenvalue weighted by Crippen LogP contribution is -2.55. The van der Waals surface area contributed by atoms with Gasteiger partial charge in [-0.05, 0) is 18.6 Å². The lowest BCUT2D eigenvalue weighted by Gasteiger charge is -2.36. The van der Waals surface area contributed by atoms with Gasteiger partial charge in [0, 0.05) is 24.8 Å². The van der Waals surface area contributed by atoms with Crippen LogP contribution in [0.15, 0.2) is 18.2 Å². The first-order valence-electron chi connectivity index (χ1n) is 6.13. The van der Waals surface area contributed by atoms with E-state index < -0.39 is 4.92 Å². The molecule has 1 aromatic carbocycles. The summed E-state index contributed by atoms with van der Waals surface area (Å²) >= 11 is 0. The number of piperazine rings is 1. The summed E-state index contributed by atoms with van der Waals surface area (Å²) < 4.78 is 0. The zero-order valence-electron chi connectivity index (χ0n) is 10.6. The maximum absolute atomic E-state index is 11.8. The van der Waals surface area contributed by atoms with Gasteiger partial charge in [0.2, 0.25) is 5.91 Å². The molecule has 1 heterocycles. The second kappa shape index (κ2) is 5.13. The molecule has 1 aliphatic rings. The Hall–Kier alpha value is -2.31. The highest BCUT2D eigenvalue weighted by Gasteiger charge is 2.28. The second-order valence-corrected chi connectivity index (χ2v) is 4.41. The average Bonchev–Trinajstić information content (AvgIpc) is 2.37. The number of nitrogen functional groups attached to an aromatic ring is 1. The molecular weight excluding hydrogens is 248 g/mol. The van der Waals surface area contributed by atoms with E-state index in [0.717, 1.165) is 5.69 Å². The minimum Gasteiger partial charge on any atom is -0.393 e. The second-order valence-electron chi connectivity index (χ2n) is 4.41. The number of hydrogen-bond acceptors (Lipinski definition) is 5. The van der Waals surface area contributed by atoms with Gasteiger partial charge >= 0.3 is 0 Å². The molecule has 1 aromatic rings. The van der Waals surface area contributed by atoms with Gasteiger partial charge in [0.15, 0.2) is 0 Å². The fourth-order valence-electron chi connectivity index (χ4n) is 2.32. The van der Waals surface area contributed by atoms with Crippen LogP contribution < -0.4 is 16.0 Å². The summed E-state index contributed by atoms with van der Waals surface area (Å²) in [5.74, 6) is -0.0225. The largest absolute Gasteiger partial charge is 0.393 e. The van der Waals surface area contributed by atoms with Crippen molar-refractivity contribution in [3.63, 3.8) is 0 Å². The Morgan fingerprint density at radius 3 is 2.89 bits per heavy atom. The third-order valence-corrected chi connectivity index (χ3v) is 3.26. The zero-order chi connectivity index (χ0) is 14.0. The summed E-state index contributed by atoms with van der Waals surface area (Å²) in [5, 5.41) is 13.5. The molecule has 1 unspecified atom stereocenters. The molecule has 1 atom stereocenters. The fraction of sp³-hybridized carbons (Fsp3) is 0.417. The number of rotatable bonds is 3. The predicted molar refractivity (Wildman–Crippen MR) is 71.9 cm³/mol. The van der Waals surface area contributed by atoms with Crippen LogP contribution in [0.5, 0.6) is 0 Å². The molecule has 7 heteroatoms. The Bertz CT molecular complexity index is 518. The first kappa shape index (κ1) is 13.1. The molecule has 3 N–H and O–H groups in total. The monoisotopic (exact) mass is 264 g/mol. The molecule has 0 radical (unpaired) electrons. The van der Waals surface area contributed by atoms with Crippen molar-refractivity contribution in [3.05, 3.63) is 28.3 Å². The van der Waals surface area contributed by atoms with Crippen LogP contribution in [0.1, 0.15) is 13.3 Å². The van der Waals surface area contributed by atoms with Crippen molar-refractivity contribution in [1.29, 1.82) is 0 Å². The highest BCUT2D eigenvalue weighted by molar-refractivity contribution is 5.87. The maximum Gasteiger partial charge on any atom is 0.292 e. The Kier molecular flexibility index (Phi) is 3.55. The quantitative estimate of drug-likeness (QED) is 0.479. The van der Waals surface area contributed by atoms with Crippen LogP contribution >= 0.6 is 0 Å². The van der Waals surface area contributed by atoms with Gasteiger partial charge in [-0.3, -0.25) is 14.9 Å². The number of nitro groups is 1. The molecule has 2 rings (SSSR count). The normalized spacial score (nSPS) is 19.1. The van der Waals surface area contributed by atoms with Gasteiger partial charge in [0.1, 0.15) is 11.7 Å². The van der Waals surface area contributed by atoms with Crippen molar-refractivity contribution in [2.24, 2.45) is 0 Å². The highest BCUT2D eigenvalue weighted by atomic mass is 16.6. The van der Waals surface area contributed by atoms with Crippen LogP contribution in [0.25, 0.3) is 0 Å². The predicted octanol–water partition coefficient (Wildman–Crippen LogP) is 0.892. The van der Waals surface area contributed by atoms with Crippen LogP contribution in [0.2, 0.25) is 0 Å². The minimum atomic E-state index is -0.515. The van der Waals surface area contributed by atoms with Crippen molar-refractivity contribution in [2.45, 2.75) is 19.4 Å². The molecule has 7 nitrogen and oxygen atoms in total. The Morgan fingerprint density at radius 2 is 2.32 bits per heavy atom. The lowest BCUT2D eigenvalue weighted by atomic mass is 10.1. The van der Waals surface area contributed by atoms with Gasteiger partial charge in [-0.1, -0.05) is 6.92 Å². The van der Waals surface area contributed by atoms with E-state index in [2.05, 4.69) is 5.32 Å². The van der Waals surface area contributed by atoms with Gasteiger partial charge in [0.05, 0.1) is 4.92 Å². The number of nitrogens with two attached hydrogens (primary N) is 1. The number of benzene rings is 1. The van der Waals surface area contributed by atoms with E-state index in [-0.39, 0.29) is 23.3 Å². The summed E-state index contributed by atoms with van der Waals surface area (Å²) in [6.45, 7) is 3.16. The Morgan fingerprint density at radius 1 is 1.58 bits per heavy atom. The van der Waals surface area contributed by atoms with E-state index in [9.17, 15) is 14.9 Å². The van der Waals surface area contributed by atoms with Crippen molar-refractivity contribution < 1.29 is 9.72 Å². The zero-order valence-corrected chi connectivity index (χ0v) is 10.6. The van der Waals surface area contributed by atoms with E-state index >= 15 is 0 Å². The first-order chi connectivity index (χ1) is 9.04. The summed E-state index contributed by atoms with van der Waals surface area (Å²) in [6.07, 6.45) is 0.669. The number of hydrogen-bond donors (Lipinski definition) is 2. The number of carbonyl (C=O) groups is 1. The van der Waals surface area contributed by atoms with Gasteiger partial charge in [-0.15, -0.1) is 0 Å². The van der Waals surface area contributed by atoms with Crippen LogP contribution in [-0.4, -0.2) is 30.0 Å². The molecule has 1 fully saturated rings. The third-order valence-electron chi connectivity index (χ3n) is 3.26. The van der Waals surface area contributed by atoms with E-state index in [0.29, 0.717) is 19.5 Å². The van der Waals surface area contributed by atoms with Crippen molar-refractivity contribution in [3.8, 4) is 0 Å². The molecule has 102 valence electrons. The number of anilines is 2. The molecular formula is C12H16N4O3. The van der Waals surface area contributed by atoms with Crippen LogP contribution in [0.4, 0.5) is 17.1 Å². The molecule has 0 aromatic heterocycles. The van der Waals surface area contributed by atoms with Gasteiger partial charge in [-0.2, -0.15) is 0 Å². The third kappa shape index (κ3) is 2.44.